The fraction of sp³-hybridized carbons (Fsp3) is 0.364. The number of phenolic OH excluding ortho intramolecular Hbond substituents is 1. The molecule has 5 N–H and O–H groups in total. The summed E-state index contributed by atoms with van der Waals surface area (Å²) in [6.45, 7) is 2.47. The first-order chi connectivity index (χ1) is 7.57. The molecule has 0 atom stereocenters. The number of para-hydroxylation sites is 1. The Morgan fingerprint density at radius 1 is 1.50 bits per heavy atom. The Morgan fingerprint density at radius 3 is 2.81 bits per heavy atom. The van der Waals surface area contributed by atoms with Crippen LogP contribution in [0.3, 0.4) is 0 Å². The van der Waals surface area contributed by atoms with Gasteiger partial charge < -0.3 is 10.8 Å². The van der Waals surface area contributed by atoms with Gasteiger partial charge in [0.05, 0.1) is 11.3 Å². The van der Waals surface area contributed by atoms with E-state index in [1.165, 1.54) is 12.1 Å². The van der Waals surface area contributed by atoms with E-state index in [9.17, 15) is 9.90 Å². The Bertz CT molecular complexity index is 379. The number of amides is 1. The summed E-state index contributed by atoms with van der Waals surface area (Å²) in [5.74, 6) is 4.96. The van der Waals surface area contributed by atoms with Crippen LogP contribution >= 0.6 is 0 Å². The Morgan fingerprint density at radius 2 is 2.19 bits per heavy atom. The van der Waals surface area contributed by atoms with Crippen molar-refractivity contribution in [3.63, 3.8) is 0 Å². The number of rotatable bonds is 4. The van der Waals surface area contributed by atoms with Gasteiger partial charge in [0.1, 0.15) is 0 Å². The third-order valence-corrected chi connectivity index (χ3v) is 2.31. The number of aromatic hydroxyl groups is 1. The molecule has 0 aromatic heterocycles. The highest BCUT2D eigenvalue weighted by molar-refractivity contribution is 5.98. The van der Waals surface area contributed by atoms with Crippen LogP contribution in [0.15, 0.2) is 18.2 Å². The molecule has 16 heavy (non-hydrogen) atoms. The summed E-state index contributed by atoms with van der Waals surface area (Å²) in [6.07, 6.45) is 1.77. The first kappa shape index (κ1) is 12.3. The maximum absolute atomic E-state index is 11.8. The third kappa shape index (κ3) is 2.64. The lowest BCUT2D eigenvalue weighted by atomic mass is 10.1. The molecule has 1 aromatic carbocycles. The molecule has 0 saturated carbocycles. The molecule has 1 aromatic rings. The van der Waals surface area contributed by atoms with Crippen LogP contribution in [0, 0.1) is 0 Å². The van der Waals surface area contributed by atoms with Gasteiger partial charge in [0, 0.05) is 6.54 Å². The first-order valence-electron chi connectivity index (χ1n) is 5.22. The zero-order valence-corrected chi connectivity index (χ0v) is 9.31. The van der Waals surface area contributed by atoms with E-state index in [-0.39, 0.29) is 17.0 Å². The van der Waals surface area contributed by atoms with E-state index in [2.05, 4.69) is 0 Å². The van der Waals surface area contributed by atoms with Gasteiger partial charge in [0.15, 0.2) is 5.75 Å². The van der Waals surface area contributed by atoms with Gasteiger partial charge in [-0.1, -0.05) is 19.4 Å². The van der Waals surface area contributed by atoms with E-state index < -0.39 is 5.91 Å². The molecule has 1 amide bonds. The molecule has 5 nitrogen and oxygen atoms in total. The summed E-state index contributed by atoms with van der Waals surface area (Å²) in [7, 11) is 0. The van der Waals surface area contributed by atoms with Crippen molar-refractivity contribution in [1.82, 2.24) is 5.01 Å². The van der Waals surface area contributed by atoms with Gasteiger partial charge in [0.2, 0.25) is 0 Å². The molecule has 88 valence electrons. The third-order valence-electron chi connectivity index (χ3n) is 2.31. The lowest BCUT2D eigenvalue weighted by Crippen LogP contribution is -2.38. The van der Waals surface area contributed by atoms with Crippen LogP contribution in [0.4, 0.5) is 5.69 Å². The fourth-order valence-corrected chi connectivity index (χ4v) is 1.32. The Labute approximate surface area is 94.6 Å². The van der Waals surface area contributed by atoms with Crippen LogP contribution in [-0.4, -0.2) is 22.6 Å². The van der Waals surface area contributed by atoms with E-state index in [1.807, 2.05) is 6.92 Å². The van der Waals surface area contributed by atoms with Crippen molar-refractivity contribution in [2.75, 3.05) is 12.3 Å². The highest BCUT2D eigenvalue weighted by Gasteiger charge is 2.16. The van der Waals surface area contributed by atoms with Gasteiger partial charge in [0.25, 0.3) is 5.91 Å². The smallest absolute Gasteiger partial charge is 0.271 e. The van der Waals surface area contributed by atoms with Gasteiger partial charge >= 0.3 is 0 Å². The molecule has 0 aliphatic heterocycles. The van der Waals surface area contributed by atoms with Gasteiger partial charge in [-0.05, 0) is 18.6 Å². The highest BCUT2D eigenvalue weighted by atomic mass is 16.3. The second-order valence-corrected chi connectivity index (χ2v) is 3.60. The zero-order valence-electron chi connectivity index (χ0n) is 9.31. The van der Waals surface area contributed by atoms with Crippen LogP contribution < -0.4 is 11.6 Å². The van der Waals surface area contributed by atoms with Crippen molar-refractivity contribution in [2.45, 2.75) is 19.8 Å². The van der Waals surface area contributed by atoms with Crippen LogP contribution in [0.1, 0.15) is 30.1 Å². The number of nitrogens with zero attached hydrogens (tertiary/aromatic N) is 1. The molecule has 0 aliphatic carbocycles. The number of anilines is 1. The topological polar surface area (TPSA) is 92.6 Å². The summed E-state index contributed by atoms with van der Waals surface area (Å²) < 4.78 is 0. The summed E-state index contributed by atoms with van der Waals surface area (Å²) in [6, 6.07) is 4.63. The number of nitrogen functional groups attached to an aromatic ring is 1. The Balaban J connectivity index is 2.84. The van der Waals surface area contributed by atoms with E-state index >= 15 is 0 Å². The van der Waals surface area contributed by atoms with Crippen LogP contribution in [0.25, 0.3) is 0 Å². The van der Waals surface area contributed by atoms with Crippen molar-refractivity contribution in [3.05, 3.63) is 23.8 Å². The van der Waals surface area contributed by atoms with Gasteiger partial charge in [-0.2, -0.15) is 0 Å². The predicted octanol–water partition coefficient (Wildman–Crippen LogP) is 1.09. The molecule has 0 unspecified atom stereocenters. The summed E-state index contributed by atoms with van der Waals surface area (Å²) in [4.78, 5) is 11.8. The number of hydrazine groups is 1. The summed E-state index contributed by atoms with van der Waals surface area (Å²) in [5, 5.41) is 10.7. The second-order valence-electron chi connectivity index (χ2n) is 3.60. The van der Waals surface area contributed by atoms with E-state index in [0.29, 0.717) is 6.54 Å². The molecular formula is C11H17N3O2. The summed E-state index contributed by atoms with van der Waals surface area (Å²) in [5.41, 5.74) is 5.81. The van der Waals surface area contributed by atoms with Crippen LogP contribution in [0.5, 0.6) is 5.75 Å². The van der Waals surface area contributed by atoms with Crippen molar-refractivity contribution < 1.29 is 9.90 Å². The number of benzene rings is 1. The van der Waals surface area contributed by atoms with Crippen LogP contribution in [-0.2, 0) is 0 Å². The standard InChI is InChI=1S/C11H17N3O2/c1-2-3-7-14(13)11(16)8-5-4-6-9(12)10(8)15/h4-6,15H,2-3,7,12-13H2,1H3. The number of unbranched alkanes of at least 4 members (excludes halogenated alkanes) is 1. The highest BCUT2D eigenvalue weighted by Crippen LogP contribution is 2.25. The number of carbonyl (C=O) groups is 1. The molecule has 0 heterocycles. The van der Waals surface area contributed by atoms with E-state index in [0.717, 1.165) is 17.9 Å². The van der Waals surface area contributed by atoms with Crippen LogP contribution in [0.2, 0.25) is 0 Å². The van der Waals surface area contributed by atoms with Crippen molar-refractivity contribution in [2.24, 2.45) is 5.84 Å². The van der Waals surface area contributed by atoms with Gasteiger partial charge in [-0.3, -0.25) is 9.80 Å². The average Bonchev–Trinajstić information content (AvgIpc) is 2.28. The maximum Gasteiger partial charge on any atom is 0.271 e. The van der Waals surface area contributed by atoms with E-state index in [4.69, 9.17) is 11.6 Å². The predicted molar refractivity (Wildman–Crippen MR) is 62.7 cm³/mol. The number of carbonyl (C=O) groups excluding carboxylic acids is 1. The second kappa shape index (κ2) is 5.37. The number of hydrogen-bond acceptors (Lipinski definition) is 4. The first-order valence-corrected chi connectivity index (χ1v) is 5.22. The average molecular weight is 223 g/mol. The molecular weight excluding hydrogens is 206 g/mol. The lowest BCUT2D eigenvalue weighted by Gasteiger charge is -2.17. The number of nitrogens with two attached hydrogens (primary N) is 2. The SMILES string of the molecule is CCCCN(N)C(=O)c1cccc(N)c1O. The normalized spacial score (nSPS) is 10.1. The molecule has 5 heteroatoms. The Hall–Kier alpha value is -1.75. The molecule has 0 spiro atoms. The van der Waals surface area contributed by atoms with Gasteiger partial charge in [-0.15, -0.1) is 0 Å². The molecule has 0 bridgehead atoms. The minimum Gasteiger partial charge on any atom is -0.505 e. The van der Waals surface area contributed by atoms with Gasteiger partial charge in [-0.25, -0.2) is 5.84 Å². The lowest BCUT2D eigenvalue weighted by molar-refractivity contribution is 0.0750. The largest absolute Gasteiger partial charge is 0.505 e. The summed E-state index contributed by atoms with van der Waals surface area (Å²) >= 11 is 0. The van der Waals surface area contributed by atoms with E-state index in [1.54, 1.807) is 6.07 Å². The minimum atomic E-state index is -0.418. The monoisotopic (exact) mass is 223 g/mol. The minimum absolute atomic E-state index is 0.138. The quantitative estimate of drug-likeness (QED) is 0.234. The molecule has 1 rings (SSSR count). The molecule has 0 aliphatic rings. The fourth-order valence-electron chi connectivity index (χ4n) is 1.32. The zero-order chi connectivity index (χ0) is 12.1. The van der Waals surface area contributed by atoms with Crippen molar-refractivity contribution in [3.8, 4) is 5.75 Å². The maximum atomic E-state index is 11.8. The van der Waals surface area contributed by atoms with Crippen molar-refractivity contribution >= 4 is 11.6 Å². The molecule has 0 fully saturated rings. The molecule has 0 radical (unpaired) electrons. The molecule has 0 saturated heterocycles. The van der Waals surface area contributed by atoms with Crippen molar-refractivity contribution in [1.29, 1.82) is 0 Å². The Kier molecular flexibility index (Phi) is 4.13. The number of phenols is 1. The number of hydrogen-bond donors (Lipinski definition) is 3.